The van der Waals surface area contributed by atoms with E-state index < -0.39 is 9.84 Å². The quantitative estimate of drug-likeness (QED) is 0.761. The van der Waals surface area contributed by atoms with E-state index >= 15 is 0 Å². The highest BCUT2D eigenvalue weighted by Crippen LogP contribution is 2.24. The van der Waals surface area contributed by atoms with E-state index in [0.717, 1.165) is 16.6 Å². The first kappa shape index (κ1) is 15.8. The molecule has 1 amide bonds. The van der Waals surface area contributed by atoms with Crippen LogP contribution in [-0.2, 0) is 27.6 Å². The number of H-pyrrole nitrogens is 1. The summed E-state index contributed by atoms with van der Waals surface area (Å²) in [4.78, 5) is 22.0. The van der Waals surface area contributed by atoms with Gasteiger partial charge >= 0.3 is 0 Å². The van der Waals surface area contributed by atoms with E-state index in [-0.39, 0.29) is 24.6 Å². The lowest BCUT2D eigenvalue weighted by atomic mass is 10.1. The van der Waals surface area contributed by atoms with Crippen molar-refractivity contribution in [3.05, 3.63) is 59.9 Å². The van der Waals surface area contributed by atoms with E-state index in [1.807, 2.05) is 12.1 Å². The predicted molar refractivity (Wildman–Crippen MR) is 93.7 cm³/mol. The number of carbonyl (C=O) groups is 1. The van der Waals surface area contributed by atoms with Crippen molar-refractivity contribution in [2.24, 2.45) is 0 Å². The number of carbonyl (C=O) groups excluding carboxylic acids is 1. The second kappa shape index (κ2) is 6.00. The molecule has 1 aliphatic rings. The monoisotopic (exact) mass is 355 g/mol. The number of fused-ring (bicyclic) bond motifs is 2. The third kappa shape index (κ3) is 2.91. The summed E-state index contributed by atoms with van der Waals surface area (Å²) in [5, 5.41) is 0.915. The Morgan fingerprint density at radius 1 is 1.20 bits per heavy atom. The van der Waals surface area contributed by atoms with Gasteiger partial charge in [-0.25, -0.2) is 13.4 Å². The molecule has 0 unspecified atom stereocenters. The SMILES string of the molecule is O=C(Cc1c[nH]c2ncccc12)N1CCS(=O)(=O)c2ccccc2C1. The Morgan fingerprint density at radius 2 is 2.04 bits per heavy atom. The third-order valence-electron chi connectivity index (χ3n) is 4.53. The maximum atomic E-state index is 12.8. The zero-order valence-corrected chi connectivity index (χ0v) is 14.3. The van der Waals surface area contributed by atoms with Crippen LogP contribution in [0.2, 0.25) is 0 Å². The summed E-state index contributed by atoms with van der Waals surface area (Å²) in [5.41, 5.74) is 2.29. The van der Waals surface area contributed by atoms with Gasteiger partial charge in [0.2, 0.25) is 5.91 Å². The lowest BCUT2D eigenvalue weighted by Gasteiger charge is -2.20. The van der Waals surface area contributed by atoms with Gasteiger partial charge in [0.1, 0.15) is 5.65 Å². The van der Waals surface area contributed by atoms with Crippen molar-refractivity contribution in [3.63, 3.8) is 0 Å². The van der Waals surface area contributed by atoms with E-state index in [2.05, 4.69) is 9.97 Å². The number of nitrogens with one attached hydrogen (secondary N) is 1. The number of hydrogen-bond donors (Lipinski definition) is 1. The predicted octanol–water partition coefficient (Wildman–Crippen LogP) is 1.92. The molecule has 1 N–H and O–H groups in total. The molecule has 7 heteroatoms. The first-order chi connectivity index (χ1) is 12.0. The van der Waals surface area contributed by atoms with Crippen LogP contribution in [0.1, 0.15) is 11.1 Å². The molecule has 1 aliphatic heterocycles. The van der Waals surface area contributed by atoms with Gasteiger partial charge in [0.05, 0.1) is 17.1 Å². The summed E-state index contributed by atoms with van der Waals surface area (Å²) in [6.07, 6.45) is 3.70. The molecule has 0 fully saturated rings. The molecule has 0 saturated carbocycles. The topological polar surface area (TPSA) is 83.1 Å². The van der Waals surface area contributed by atoms with Crippen molar-refractivity contribution in [2.45, 2.75) is 17.9 Å². The number of amides is 1. The van der Waals surface area contributed by atoms with Gasteiger partial charge in [-0.2, -0.15) is 0 Å². The molecule has 1 aromatic carbocycles. The van der Waals surface area contributed by atoms with Crippen molar-refractivity contribution in [2.75, 3.05) is 12.3 Å². The minimum absolute atomic E-state index is 0.0504. The summed E-state index contributed by atoms with van der Waals surface area (Å²) < 4.78 is 24.8. The summed E-state index contributed by atoms with van der Waals surface area (Å²) in [6, 6.07) is 10.7. The molecule has 25 heavy (non-hydrogen) atoms. The van der Waals surface area contributed by atoms with Crippen molar-refractivity contribution >= 4 is 26.8 Å². The molecule has 0 saturated heterocycles. The van der Waals surface area contributed by atoms with Crippen LogP contribution in [-0.4, -0.2) is 41.5 Å². The van der Waals surface area contributed by atoms with Gasteiger partial charge in [-0.3, -0.25) is 4.79 Å². The van der Waals surface area contributed by atoms with Crippen LogP contribution in [0.5, 0.6) is 0 Å². The summed E-state index contributed by atoms with van der Waals surface area (Å²) in [7, 11) is -3.35. The van der Waals surface area contributed by atoms with Crippen LogP contribution in [0.4, 0.5) is 0 Å². The first-order valence-electron chi connectivity index (χ1n) is 8.04. The molecule has 4 rings (SSSR count). The van der Waals surface area contributed by atoms with Gasteiger partial charge in [-0.05, 0) is 29.3 Å². The lowest BCUT2D eigenvalue weighted by molar-refractivity contribution is -0.130. The Labute approximate surface area is 145 Å². The molecule has 0 radical (unpaired) electrons. The molecule has 0 bridgehead atoms. The zero-order valence-electron chi connectivity index (χ0n) is 13.5. The minimum atomic E-state index is -3.35. The number of nitrogens with zero attached hydrogens (tertiary/aromatic N) is 2. The maximum Gasteiger partial charge on any atom is 0.227 e. The van der Waals surface area contributed by atoms with Crippen molar-refractivity contribution < 1.29 is 13.2 Å². The molecule has 0 atom stereocenters. The summed E-state index contributed by atoms with van der Waals surface area (Å²) >= 11 is 0. The number of benzene rings is 1. The van der Waals surface area contributed by atoms with Crippen molar-refractivity contribution in [1.29, 1.82) is 0 Å². The van der Waals surface area contributed by atoms with Gasteiger partial charge < -0.3 is 9.88 Å². The van der Waals surface area contributed by atoms with E-state index in [0.29, 0.717) is 17.0 Å². The Balaban J connectivity index is 1.61. The van der Waals surface area contributed by atoms with E-state index in [1.165, 1.54) is 0 Å². The fraction of sp³-hybridized carbons (Fsp3) is 0.222. The number of aromatic nitrogens is 2. The summed E-state index contributed by atoms with van der Waals surface area (Å²) in [5.74, 6) is -0.137. The molecule has 2 aromatic heterocycles. The van der Waals surface area contributed by atoms with E-state index in [1.54, 1.807) is 41.6 Å². The van der Waals surface area contributed by atoms with Crippen LogP contribution in [0.3, 0.4) is 0 Å². The van der Waals surface area contributed by atoms with Crippen molar-refractivity contribution in [1.82, 2.24) is 14.9 Å². The van der Waals surface area contributed by atoms with Crippen LogP contribution in [0, 0.1) is 0 Å². The summed E-state index contributed by atoms with van der Waals surface area (Å²) in [6.45, 7) is 0.519. The average Bonchev–Trinajstić information content (AvgIpc) is 2.95. The third-order valence-corrected chi connectivity index (χ3v) is 6.32. The van der Waals surface area contributed by atoms with Gasteiger partial charge in [0.25, 0.3) is 0 Å². The highest BCUT2D eigenvalue weighted by Gasteiger charge is 2.27. The highest BCUT2D eigenvalue weighted by atomic mass is 32.2. The first-order valence-corrected chi connectivity index (χ1v) is 9.69. The van der Waals surface area contributed by atoms with Gasteiger partial charge in [0, 0.05) is 30.9 Å². The van der Waals surface area contributed by atoms with E-state index in [4.69, 9.17) is 0 Å². The number of rotatable bonds is 2. The molecule has 3 heterocycles. The van der Waals surface area contributed by atoms with Crippen molar-refractivity contribution in [3.8, 4) is 0 Å². The molecular weight excluding hydrogens is 338 g/mol. The Hall–Kier alpha value is -2.67. The maximum absolute atomic E-state index is 12.8. The van der Waals surface area contributed by atoms with Crippen LogP contribution in [0.25, 0.3) is 11.0 Å². The van der Waals surface area contributed by atoms with Crippen LogP contribution < -0.4 is 0 Å². The van der Waals surface area contributed by atoms with Gasteiger partial charge in [-0.15, -0.1) is 0 Å². The smallest absolute Gasteiger partial charge is 0.227 e. The standard InChI is InChI=1S/C18H17N3O3S/c22-17(10-14-11-20-18-15(14)5-3-7-19-18)21-8-9-25(23,24)16-6-2-1-4-13(16)12-21/h1-7,11H,8-10,12H2,(H,19,20). The Morgan fingerprint density at radius 3 is 2.92 bits per heavy atom. The van der Waals surface area contributed by atoms with Gasteiger partial charge in [-0.1, -0.05) is 18.2 Å². The fourth-order valence-corrected chi connectivity index (χ4v) is 4.71. The number of hydrogen-bond acceptors (Lipinski definition) is 4. The molecular formula is C18H17N3O3S. The highest BCUT2D eigenvalue weighted by molar-refractivity contribution is 7.91. The molecule has 3 aromatic rings. The molecule has 128 valence electrons. The van der Waals surface area contributed by atoms with Gasteiger partial charge in [0.15, 0.2) is 9.84 Å². The largest absolute Gasteiger partial charge is 0.346 e. The molecule has 6 nitrogen and oxygen atoms in total. The molecule has 0 spiro atoms. The normalized spacial score (nSPS) is 16.4. The number of sulfone groups is 1. The second-order valence-electron chi connectivity index (χ2n) is 6.13. The lowest BCUT2D eigenvalue weighted by Crippen LogP contribution is -2.33. The van der Waals surface area contributed by atoms with E-state index in [9.17, 15) is 13.2 Å². The fourth-order valence-electron chi connectivity index (χ4n) is 3.21. The second-order valence-corrected chi connectivity index (χ2v) is 8.21. The van der Waals surface area contributed by atoms with Crippen LogP contribution >= 0.6 is 0 Å². The number of aromatic amines is 1. The average molecular weight is 355 g/mol. The number of pyridine rings is 1. The Bertz CT molecular complexity index is 1060. The van der Waals surface area contributed by atoms with Crippen LogP contribution in [0.15, 0.2) is 53.7 Å². The minimum Gasteiger partial charge on any atom is -0.346 e. The molecule has 0 aliphatic carbocycles. The Kier molecular flexibility index (Phi) is 3.80. The zero-order chi connectivity index (χ0) is 17.4.